The summed E-state index contributed by atoms with van der Waals surface area (Å²) in [6.45, 7) is 2.12. The highest BCUT2D eigenvalue weighted by Gasteiger charge is 2.16. The number of hydrogen-bond donors (Lipinski definition) is 1. The van der Waals surface area contributed by atoms with Crippen LogP contribution in [0.5, 0.6) is 0 Å². The van der Waals surface area contributed by atoms with Gasteiger partial charge in [-0.3, -0.25) is 10.1 Å². The summed E-state index contributed by atoms with van der Waals surface area (Å²) < 4.78 is 5.22. The summed E-state index contributed by atoms with van der Waals surface area (Å²) in [6.07, 6.45) is 3.47. The molecule has 4 aromatic rings. The predicted octanol–water partition coefficient (Wildman–Crippen LogP) is 5.31. The Kier molecular flexibility index (Phi) is 5.47. The molecule has 0 aliphatic carbocycles. The minimum atomic E-state index is -0.704. The van der Waals surface area contributed by atoms with Crippen LogP contribution in [0.15, 0.2) is 63.9 Å². The standard InChI is InChI=1S/C22H17ClN2O3S/c1-2-13-3-5-14(6-4-13)9-17-12-24-22(29-17)25-20(26)18-11-15-10-16(23)7-8-19(15)28-21(18)27/h3-8,10-12H,2,9H2,1H3,(H,24,25,26). The molecule has 29 heavy (non-hydrogen) atoms. The van der Waals surface area contributed by atoms with Crippen molar-refractivity contribution in [3.05, 3.63) is 91.7 Å². The van der Waals surface area contributed by atoms with E-state index in [2.05, 4.69) is 41.5 Å². The van der Waals surface area contributed by atoms with Gasteiger partial charge < -0.3 is 4.42 Å². The highest BCUT2D eigenvalue weighted by atomic mass is 35.5. The molecule has 146 valence electrons. The van der Waals surface area contributed by atoms with Crippen molar-refractivity contribution in [1.29, 1.82) is 0 Å². The topological polar surface area (TPSA) is 72.2 Å². The fraction of sp³-hybridized carbons (Fsp3) is 0.136. The molecule has 2 aromatic heterocycles. The van der Waals surface area contributed by atoms with Crippen molar-refractivity contribution in [2.24, 2.45) is 0 Å². The molecule has 0 saturated heterocycles. The smallest absolute Gasteiger partial charge is 0.349 e. The minimum Gasteiger partial charge on any atom is -0.422 e. The third-order valence-corrected chi connectivity index (χ3v) is 5.67. The Bertz CT molecular complexity index is 1250. The van der Waals surface area contributed by atoms with Crippen molar-refractivity contribution in [2.45, 2.75) is 19.8 Å². The van der Waals surface area contributed by atoms with Gasteiger partial charge in [-0.2, -0.15) is 0 Å². The third kappa shape index (κ3) is 4.39. The first-order valence-corrected chi connectivity index (χ1v) is 10.3. The number of aryl methyl sites for hydroxylation is 1. The lowest BCUT2D eigenvalue weighted by atomic mass is 10.1. The van der Waals surface area contributed by atoms with E-state index in [0.717, 1.165) is 17.7 Å². The van der Waals surface area contributed by atoms with Crippen molar-refractivity contribution in [2.75, 3.05) is 5.32 Å². The zero-order chi connectivity index (χ0) is 20.4. The summed E-state index contributed by atoms with van der Waals surface area (Å²) in [7, 11) is 0. The molecule has 7 heteroatoms. The van der Waals surface area contributed by atoms with Crippen LogP contribution in [-0.4, -0.2) is 10.9 Å². The number of benzene rings is 2. The van der Waals surface area contributed by atoms with Gasteiger partial charge in [-0.25, -0.2) is 9.78 Å². The van der Waals surface area contributed by atoms with Gasteiger partial charge in [0.05, 0.1) is 0 Å². The second-order valence-corrected chi connectivity index (χ2v) is 8.11. The first kappa shape index (κ1) is 19.4. The predicted molar refractivity (Wildman–Crippen MR) is 116 cm³/mol. The van der Waals surface area contributed by atoms with Gasteiger partial charge in [0.15, 0.2) is 5.13 Å². The number of fused-ring (bicyclic) bond motifs is 1. The Balaban J connectivity index is 1.51. The molecule has 1 amide bonds. The highest BCUT2D eigenvalue weighted by molar-refractivity contribution is 7.15. The zero-order valence-corrected chi connectivity index (χ0v) is 17.1. The molecule has 0 aliphatic rings. The van der Waals surface area contributed by atoms with Crippen LogP contribution in [0.2, 0.25) is 5.02 Å². The average Bonchev–Trinajstić information content (AvgIpc) is 3.15. The number of rotatable bonds is 5. The normalized spacial score (nSPS) is 11.0. The lowest BCUT2D eigenvalue weighted by Crippen LogP contribution is -2.20. The molecule has 0 aliphatic heterocycles. The van der Waals surface area contributed by atoms with Crippen molar-refractivity contribution >= 4 is 44.9 Å². The summed E-state index contributed by atoms with van der Waals surface area (Å²) in [5.41, 5.74) is 2.05. The van der Waals surface area contributed by atoms with Gasteiger partial charge in [-0.15, -0.1) is 11.3 Å². The molecule has 0 unspecified atom stereocenters. The van der Waals surface area contributed by atoms with E-state index in [0.29, 0.717) is 21.1 Å². The zero-order valence-electron chi connectivity index (χ0n) is 15.6. The van der Waals surface area contributed by atoms with E-state index in [1.807, 2.05) is 0 Å². The number of hydrogen-bond acceptors (Lipinski definition) is 5. The lowest BCUT2D eigenvalue weighted by molar-refractivity contribution is 0.102. The van der Waals surface area contributed by atoms with Crippen LogP contribution < -0.4 is 10.9 Å². The molecule has 0 fully saturated rings. The first-order chi connectivity index (χ1) is 14.0. The molecule has 1 N–H and O–H groups in total. The molecule has 4 rings (SSSR count). The SMILES string of the molecule is CCc1ccc(Cc2cnc(NC(=O)c3cc4cc(Cl)ccc4oc3=O)s2)cc1. The summed E-state index contributed by atoms with van der Waals surface area (Å²) in [5, 5.41) is 4.19. The first-order valence-electron chi connectivity index (χ1n) is 9.09. The molecular formula is C22H17ClN2O3S. The second-order valence-electron chi connectivity index (χ2n) is 6.56. The monoisotopic (exact) mass is 424 g/mol. The van der Waals surface area contributed by atoms with Crippen LogP contribution in [0.25, 0.3) is 11.0 Å². The van der Waals surface area contributed by atoms with Crippen LogP contribution in [0.1, 0.15) is 33.3 Å². The summed E-state index contributed by atoms with van der Waals surface area (Å²) in [5.74, 6) is -0.561. The maximum atomic E-state index is 12.6. The highest BCUT2D eigenvalue weighted by Crippen LogP contribution is 2.23. The molecule has 2 aromatic carbocycles. The van der Waals surface area contributed by atoms with Gasteiger partial charge in [0.1, 0.15) is 11.1 Å². The molecule has 0 radical (unpaired) electrons. The van der Waals surface area contributed by atoms with Crippen LogP contribution in [0, 0.1) is 0 Å². The van der Waals surface area contributed by atoms with E-state index in [1.165, 1.54) is 28.5 Å². The Labute approximate surface area is 176 Å². The van der Waals surface area contributed by atoms with Crippen LogP contribution in [-0.2, 0) is 12.8 Å². The maximum absolute atomic E-state index is 12.6. The molecule has 0 atom stereocenters. The number of nitrogens with one attached hydrogen (secondary N) is 1. The largest absolute Gasteiger partial charge is 0.422 e. The summed E-state index contributed by atoms with van der Waals surface area (Å²) in [4.78, 5) is 30.0. The van der Waals surface area contributed by atoms with Gasteiger partial charge in [-0.05, 0) is 41.8 Å². The minimum absolute atomic E-state index is 0.0910. The van der Waals surface area contributed by atoms with Gasteiger partial charge in [0.2, 0.25) is 0 Å². The number of halogens is 1. The Morgan fingerprint density at radius 2 is 1.90 bits per heavy atom. The molecule has 0 saturated carbocycles. The number of aromatic nitrogens is 1. The number of carbonyl (C=O) groups excluding carboxylic acids is 1. The van der Waals surface area contributed by atoms with E-state index in [4.69, 9.17) is 16.0 Å². The average molecular weight is 425 g/mol. The van der Waals surface area contributed by atoms with Gasteiger partial charge >= 0.3 is 5.63 Å². The van der Waals surface area contributed by atoms with E-state index in [1.54, 1.807) is 24.4 Å². The van der Waals surface area contributed by atoms with E-state index in [9.17, 15) is 9.59 Å². The van der Waals surface area contributed by atoms with Crippen LogP contribution in [0.3, 0.4) is 0 Å². The fourth-order valence-corrected chi connectivity index (χ4v) is 3.98. The van der Waals surface area contributed by atoms with Gasteiger partial charge in [-0.1, -0.05) is 42.8 Å². The molecule has 5 nitrogen and oxygen atoms in total. The van der Waals surface area contributed by atoms with Gasteiger partial charge in [0, 0.05) is 27.9 Å². The fourth-order valence-electron chi connectivity index (χ4n) is 2.96. The quantitative estimate of drug-likeness (QED) is 0.441. The second kappa shape index (κ2) is 8.19. The number of nitrogens with zero attached hydrogens (tertiary/aromatic N) is 1. The molecule has 0 spiro atoms. The van der Waals surface area contributed by atoms with Crippen LogP contribution in [0.4, 0.5) is 5.13 Å². The van der Waals surface area contributed by atoms with E-state index >= 15 is 0 Å². The number of thiazole rings is 1. The molecule has 2 heterocycles. The van der Waals surface area contributed by atoms with Crippen molar-refractivity contribution in [1.82, 2.24) is 4.98 Å². The Morgan fingerprint density at radius 3 is 2.66 bits per heavy atom. The molecule has 0 bridgehead atoms. The van der Waals surface area contributed by atoms with Gasteiger partial charge in [0.25, 0.3) is 5.91 Å². The number of carbonyl (C=O) groups is 1. The Hall–Kier alpha value is -2.96. The van der Waals surface area contributed by atoms with E-state index < -0.39 is 11.5 Å². The third-order valence-electron chi connectivity index (χ3n) is 4.52. The number of anilines is 1. The molecular weight excluding hydrogens is 408 g/mol. The van der Waals surface area contributed by atoms with Crippen molar-refractivity contribution in [3.63, 3.8) is 0 Å². The van der Waals surface area contributed by atoms with E-state index in [-0.39, 0.29) is 5.56 Å². The summed E-state index contributed by atoms with van der Waals surface area (Å²) >= 11 is 7.35. The van der Waals surface area contributed by atoms with Crippen molar-refractivity contribution in [3.8, 4) is 0 Å². The Morgan fingerprint density at radius 1 is 1.14 bits per heavy atom. The number of amides is 1. The maximum Gasteiger partial charge on any atom is 0.349 e. The van der Waals surface area contributed by atoms with Crippen LogP contribution >= 0.6 is 22.9 Å². The lowest BCUT2D eigenvalue weighted by Gasteiger charge is -2.03. The van der Waals surface area contributed by atoms with Crippen molar-refractivity contribution < 1.29 is 9.21 Å². The summed E-state index contributed by atoms with van der Waals surface area (Å²) in [6, 6.07) is 14.8.